The van der Waals surface area contributed by atoms with Crippen molar-refractivity contribution >= 4 is 41.8 Å². The van der Waals surface area contributed by atoms with Gasteiger partial charge in [0, 0.05) is 64.6 Å². The smallest absolute Gasteiger partial charge is 0.225 e. The van der Waals surface area contributed by atoms with Crippen LogP contribution in [0.15, 0.2) is 23.5 Å². The maximum atomic E-state index is 11.6. The van der Waals surface area contributed by atoms with Crippen molar-refractivity contribution in [2.24, 2.45) is 10.9 Å². The number of nitrogens with one attached hydrogen (secondary N) is 2. The summed E-state index contributed by atoms with van der Waals surface area (Å²) in [5.74, 6) is 2.10. The minimum Gasteiger partial charge on any atom is -0.354 e. The largest absolute Gasteiger partial charge is 0.354 e. The summed E-state index contributed by atoms with van der Waals surface area (Å²) in [6, 6.07) is 1.83. The molecule has 1 aromatic rings. The molecule has 138 valence electrons. The summed E-state index contributed by atoms with van der Waals surface area (Å²) in [5, 5.41) is 6.28. The first-order chi connectivity index (χ1) is 11.8. The third-order valence-corrected chi connectivity index (χ3v) is 4.28. The lowest BCUT2D eigenvalue weighted by Gasteiger charge is -2.36. The Balaban J connectivity index is 0.00000225. The third-order valence-electron chi connectivity index (χ3n) is 4.28. The molecule has 0 atom stereocenters. The Labute approximate surface area is 165 Å². The third kappa shape index (κ3) is 5.68. The van der Waals surface area contributed by atoms with Crippen LogP contribution in [0.2, 0.25) is 0 Å². The molecule has 2 aliphatic rings. The van der Waals surface area contributed by atoms with Crippen LogP contribution in [0, 0.1) is 5.92 Å². The summed E-state index contributed by atoms with van der Waals surface area (Å²) in [6.45, 7) is 4.78. The fraction of sp³-hybridized carbons (Fsp3) is 0.625. The van der Waals surface area contributed by atoms with Crippen molar-refractivity contribution in [3.05, 3.63) is 18.5 Å². The van der Waals surface area contributed by atoms with Gasteiger partial charge in [-0.25, -0.2) is 9.97 Å². The highest BCUT2D eigenvalue weighted by Crippen LogP contribution is 2.28. The predicted molar refractivity (Wildman–Crippen MR) is 108 cm³/mol. The first kappa shape index (κ1) is 19.7. The molecule has 25 heavy (non-hydrogen) atoms. The lowest BCUT2D eigenvalue weighted by molar-refractivity contribution is -0.122. The molecule has 1 saturated carbocycles. The number of guanidine groups is 1. The summed E-state index contributed by atoms with van der Waals surface area (Å²) in [7, 11) is 1.79. The maximum absolute atomic E-state index is 11.6. The molecule has 0 unspecified atom stereocenters. The number of amides is 1. The van der Waals surface area contributed by atoms with E-state index in [1.807, 2.05) is 6.07 Å². The van der Waals surface area contributed by atoms with E-state index in [4.69, 9.17) is 0 Å². The molecule has 0 bridgehead atoms. The number of hydrogen-bond acceptors (Lipinski definition) is 5. The lowest BCUT2D eigenvalue weighted by atomic mass is 10.3. The zero-order valence-electron chi connectivity index (χ0n) is 14.5. The number of rotatable bonds is 5. The first-order valence-corrected chi connectivity index (χ1v) is 8.53. The molecular weight excluding hydrogens is 433 g/mol. The number of carbonyl (C=O) groups excluding carboxylic acids is 1. The lowest BCUT2D eigenvalue weighted by Crippen LogP contribution is -2.53. The second-order valence-corrected chi connectivity index (χ2v) is 6.06. The van der Waals surface area contributed by atoms with E-state index in [-0.39, 0.29) is 35.8 Å². The molecule has 1 saturated heterocycles. The average molecular weight is 459 g/mol. The molecule has 0 aromatic carbocycles. The van der Waals surface area contributed by atoms with Crippen molar-refractivity contribution in [1.82, 2.24) is 25.5 Å². The van der Waals surface area contributed by atoms with Crippen LogP contribution >= 0.6 is 24.0 Å². The molecule has 2 fully saturated rings. The second-order valence-electron chi connectivity index (χ2n) is 6.06. The van der Waals surface area contributed by atoms with E-state index < -0.39 is 0 Å². The number of halogens is 1. The minimum atomic E-state index is 0. The van der Waals surface area contributed by atoms with Crippen LogP contribution in [-0.2, 0) is 4.79 Å². The zero-order valence-corrected chi connectivity index (χ0v) is 16.8. The van der Waals surface area contributed by atoms with Gasteiger partial charge in [-0.2, -0.15) is 0 Å². The van der Waals surface area contributed by atoms with Crippen LogP contribution in [0.1, 0.15) is 12.8 Å². The van der Waals surface area contributed by atoms with Crippen molar-refractivity contribution in [1.29, 1.82) is 0 Å². The Bertz CT molecular complexity index is 571. The van der Waals surface area contributed by atoms with Crippen molar-refractivity contribution in [2.75, 3.05) is 51.2 Å². The topological polar surface area (TPSA) is 85.8 Å². The highest BCUT2D eigenvalue weighted by Gasteiger charge is 2.29. The number of hydrogen-bond donors (Lipinski definition) is 2. The molecule has 0 radical (unpaired) electrons. The SMILES string of the molecule is CN=C(NCCNC(=O)C1CC1)N1CCN(c2ncccn2)CC1.I. The van der Waals surface area contributed by atoms with Gasteiger partial charge in [-0.3, -0.25) is 9.79 Å². The van der Waals surface area contributed by atoms with E-state index >= 15 is 0 Å². The van der Waals surface area contributed by atoms with Gasteiger partial charge in [-0.05, 0) is 18.9 Å². The summed E-state index contributed by atoms with van der Waals surface area (Å²) in [5.41, 5.74) is 0. The van der Waals surface area contributed by atoms with Crippen LogP contribution in [-0.4, -0.2) is 73.1 Å². The summed E-state index contributed by atoms with van der Waals surface area (Å²) < 4.78 is 0. The molecule has 2 heterocycles. The van der Waals surface area contributed by atoms with Gasteiger partial charge in [0.05, 0.1) is 0 Å². The minimum absolute atomic E-state index is 0. The molecule has 1 aromatic heterocycles. The number of anilines is 1. The van der Waals surface area contributed by atoms with Crippen molar-refractivity contribution in [2.45, 2.75) is 12.8 Å². The van der Waals surface area contributed by atoms with Gasteiger partial charge in [0.25, 0.3) is 0 Å². The van der Waals surface area contributed by atoms with Gasteiger partial charge in [0.15, 0.2) is 5.96 Å². The Morgan fingerprint density at radius 2 is 1.80 bits per heavy atom. The molecule has 2 N–H and O–H groups in total. The highest BCUT2D eigenvalue weighted by atomic mass is 127. The predicted octanol–water partition coefficient (Wildman–Crippen LogP) is 0.318. The fourth-order valence-electron chi connectivity index (χ4n) is 2.75. The van der Waals surface area contributed by atoms with Gasteiger partial charge in [0.1, 0.15) is 0 Å². The maximum Gasteiger partial charge on any atom is 0.225 e. The molecule has 1 aliphatic carbocycles. The molecule has 9 heteroatoms. The Morgan fingerprint density at radius 1 is 1.16 bits per heavy atom. The van der Waals surface area contributed by atoms with E-state index in [9.17, 15) is 4.79 Å². The van der Waals surface area contributed by atoms with Gasteiger partial charge >= 0.3 is 0 Å². The number of nitrogens with zero attached hydrogens (tertiary/aromatic N) is 5. The Morgan fingerprint density at radius 3 is 2.40 bits per heavy atom. The normalized spacial score (nSPS) is 17.7. The molecule has 1 amide bonds. The van der Waals surface area contributed by atoms with Gasteiger partial charge in [0.2, 0.25) is 11.9 Å². The summed E-state index contributed by atoms with van der Waals surface area (Å²) >= 11 is 0. The monoisotopic (exact) mass is 459 g/mol. The zero-order chi connectivity index (χ0) is 16.8. The fourth-order valence-corrected chi connectivity index (χ4v) is 2.75. The number of aliphatic imine (C=N–C) groups is 1. The number of aromatic nitrogens is 2. The quantitative estimate of drug-likeness (QED) is 0.286. The van der Waals surface area contributed by atoms with E-state index in [1.165, 1.54) is 0 Å². The van der Waals surface area contributed by atoms with Gasteiger partial charge in [-0.1, -0.05) is 0 Å². The molecule has 8 nitrogen and oxygen atoms in total. The van der Waals surface area contributed by atoms with E-state index in [2.05, 4.69) is 35.4 Å². The van der Waals surface area contributed by atoms with Crippen LogP contribution < -0.4 is 15.5 Å². The molecule has 1 aliphatic heterocycles. The number of carbonyl (C=O) groups is 1. The average Bonchev–Trinajstić information content (AvgIpc) is 3.48. The number of piperazine rings is 1. The van der Waals surface area contributed by atoms with Gasteiger partial charge in [-0.15, -0.1) is 24.0 Å². The van der Waals surface area contributed by atoms with Crippen LogP contribution in [0.5, 0.6) is 0 Å². The second kappa shape index (κ2) is 9.73. The Kier molecular flexibility index (Phi) is 7.66. The first-order valence-electron chi connectivity index (χ1n) is 8.53. The van der Waals surface area contributed by atoms with E-state index in [0.29, 0.717) is 13.1 Å². The Hall–Kier alpha value is -1.65. The highest BCUT2D eigenvalue weighted by molar-refractivity contribution is 14.0. The van der Waals surface area contributed by atoms with Crippen LogP contribution in [0.25, 0.3) is 0 Å². The summed E-state index contributed by atoms with van der Waals surface area (Å²) in [6.07, 6.45) is 5.61. The summed E-state index contributed by atoms with van der Waals surface area (Å²) in [4.78, 5) is 28.9. The molecule has 0 spiro atoms. The van der Waals surface area contributed by atoms with Crippen molar-refractivity contribution in [3.8, 4) is 0 Å². The standard InChI is InChI=1S/C16H25N7O.HI/c1-17-15(21-8-7-18-14(24)13-3-4-13)22-9-11-23(12-10-22)16-19-5-2-6-20-16;/h2,5-6,13H,3-4,7-12H2,1H3,(H,17,21)(H,18,24);1H. The van der Waals surface area contributed by atoms with Crippen molar-refractivity contribution < 1.29 is 4.79 Å². The van der Waals surface area contributed by atoms with Crippen LogP contribution in [0.4, 0.5) is 5.95 Å². The molecule has 3 rings (SSSR count). The van der Waals surface area contributed by atoms with Gasteiger partial charge < -0.3 is 20.4 Å². The van der Waals surface area contributed by atoms with Crippen LogP contribution in [0.3, 0.4) is 0 Å². The van der Waals surface area contributed by atoms with E-state index in [1.54, 1.807) is 19.4 Å². The molecular formula is C16H26IN7O. The van der Waals surface area contributed by atoms with Crippen molar-refractivity contribution in [3.63, 3.8) is 0 Å². The van der Waals surface area contributed by atoms with E-state index in [0.717, 1.165) is 50.9 Å².